The van der Waals surface area contributed by atoms with Gasteiger partial charge < -0.3 is 4.74 Å². The molecule has 0 amide bonds. The van der Waals surface area contributed by atoms with Gasteiger partial charge in [0, 0.05) is 52.7 Å². The average molecular weight is 448 g/mol. The summed E-state index contributed by atoms with van der Waals surface area (Å²) in [4.78, 5) is 31.6. The van der Waals surface area contributed by atoms with E-state index in [1.54, 1.807) is 0 Å². The number of carbonyl (C=O) groups is 2. The Morgan fingerprint density at radius 2 is 1.71 bits per heavy atom. The molecule has 168 valence electrons. The van der Waals surface area contributed by atoms with Crippen LogP contribution in [0.4, 0.5) is 0 Å². The van der Waals surface area contributed by atoms with Crippen LogP contribution in [0.1, 0.15) is 54.9 Å². The Bertz CT molecular complexity index is 1510. The van der Waals surface area contributed by atoms with Crippen LogP contribution in [-0.2, 0) is 4.79 Å². The van der Waals surface area contributed by atoms with Gasteiger partial charge in [-0.05, 0) is 16.9 Å². The summed E-state index contributed by atoms with van der Waals surface area (Å²) in [6.07, 6.45) is 1.32. The van der Waals surface area contributed by atoms with Crippen molar-refractivity contribution in [3.63, 3.8) is 0 Å². The van der Waals surface area contributed by atoms with Crippen LogP contribution in [-0.4, -0.2) is 16.6 Å². The maximum atomic E-state index is 13.4. The number of benzene rings is 3. The second-order valence-electron chi connectivity index (χ2n) is 10.2. The summed E-state index contributed by atoms with van der Waals surface area (Å²) in [7, 11) is 0. The maximum Gasteiger partial charge on any atom is 0.223 e. The molecule has 1 unspecified atom stereocenters. The smallest absolute Gasteiger partial charge is 0.223 e. The van der Waals surface area contributed by atoms with Crippen LogP contribution in [0.5, 0.6) is 5.88 Å². The zero-order valence-corrected chi connectivity index (χ0v) is 19.3. The first-order chi connectivity index (χ1) is 16.4. The maximum absolute atomic E-state index is 13.4. The number of ether oxygens (including phenoxy) is 1. The Hall–Kier alpha value is -3.79. The number of nitrogens with zero attached hydrogens (tertiary/aromatic N) is 1. The lowest BCUT2D eigenvalue weighted by atomic mass is 9.70. The predicted molar refractivity (Wildman–Crippen MR) is 133 cm³/mol. The normalized spacial score (nSPS) is 19.0. The Balaban J connectivity index is 1.53. The fourth-order valence-corrected chi connectivity index (χ4v) is 5.41. The predicted octanol–water partition coefficient (Wildman–Crippen LogP) is 6.78. The Morgan fingerprint density at radius 3 is 2.53 bits per heavy atom. The molecule has 1 aromatic heterocycles. The molecular formula is C30H25NO3. The van der Waals surface area contributed by atoms with Gasteiger partial charge in [0.25, 0.3) is 0 Å². The summed E-state index contributed by atoms with van der Waals surface area (Å²) in [5.41, 5.74) is 2.80. The van der Waals surface area contributed by atoms with E-state index in [9.17, 15) is 9.59 Å². The molecule has 1 atom stereocenters. The third kappa shape index (κ3) is 3.41. The summed E-state index contributed by atoms with van der Waals surface area (Å²) < 4.78 is 6.35. The molecule has 0 bridgehead atoms. The number of rotatable bonds is 3. The molecule has 0 N–H and O–H groups in total. The first-order valence-electron chi connectivity index (χ1n) is 11.7. The minimum atomic E-state index is -0.363. The van der Waals surface area contributed by atoms with Crippen molar-refractivity contribution in [2.24, 2.45) is 5.41 Å². The number of hydrogen-bond donors (Lipinski definition) is 0. The third-order valence-corrected chi connectivity index (χ3v) is 7.01. The summed E-state index contributed by atoms with van der Waals surface area (Å²) in [5.74, 6) is 0.909. The molecule has 1 aliphatic heterocycles. The van der Waals surface area contributed by atoms with E-state index < -0.39 is 0 Å². The van der Waals surface area contributed by atoms with Crippen molar-refractivity contribution in [2.75, 3.05) is 0 Å². The Morgan fingerprint density at radius 1 is 0.971 bits per heavy atom. The Labute approximate surface area is 198 Å². The van der Waals surface area contributed by atoms with Gasteiger partial charge in [-0.1, -0.05) is 80.6 Å². The van der Waals surface area contributed by atoms with Gasteiger partial charge in [-0.2, -0.15) is 0 Å². The second kappa shape index (κ2) is 7.63. The van der Waals surface area contributed by atoms with E-state index in [0.717, 1.165) is 27.2 Å². The van der Waals surface area contributed by atoms with Crippen molar-refractivity contribution in [2.45, 2.75) is 39.0 Å². The highest BCUT2D eigenvalue weighted by atomic mass is 16.5. The molecule has 0 fully saturated rings. The van der Waals surface area contributed by atoms with Crippen LogP contribution >= 0.6 is 0 Å². The molecule has 4 heteroatoms. The molecule has 2 heterocycles. The van der Waals surface area contributed by atoms with Crippen molar-refractivity contribution in [1.82, 2.24) is 4.98 Å². The molecule has 2 aliphatic rings. The highest BCUT2D eigenvalue weighted by Crippen LogP contribution is 2.49. The largest absolute Gasteiger partial charge is 0.443 e. The molecule has 4 aromatic rings. The third-order valence-electron chi connectivity index (χ3n) is 7.01. The lowest BCUT2D eigenvalue weighted by Crippen LogP contribution is -2.33. The van der Waals surface area contributed by atoms with Crippen molar-refractivity contribution in [3.05, 3.63) is 95.3 Å². The number of fused-ring (bicyclic) bond motifs is 4. The van der Waals surface area contributed by atoms with Gasteiger partial charge in [0.1, 0.15) is 5.76 Å². The van der Waals surface area contributed by atoms with Crippen molar-refractivity contribution in [1.29, 1.82) is 0 Å². The number of allylic oxidation sites excluding steroid dienone is 2. The lowest BCUT2D eigenvalue weighted by Gasteiger charge is -2.37. The zero-order valence-electron chi connectivity index (χ0n) is 19.3. The number of pyridine rings is 1. The van der Waals surface area contributed by atoms with Crippen LogP contribution in [0.3, 0.4) is 0 Å². The number of ketones is 2. The highest BCUT2D eigenvalue weighted by Gasteiger charge is 2.42. The van der Waals surface area contributed by atoms with Crippen LogP contribution in [0.25, 0.3) is 21.7 Å². The number of hydrogen-bond acceptors (Lipinski definition) is 4. The molecule has 0 saturated heterocycles. The van der Waals surface area contributed by atoms with Crippen LogP contribution in [0.2, 0.25) is 0 Å². The standard InChI is InChI=1S/C30H25NO3/c1-30(2)16-25(33)27-22(15-24(32)19-9-4-3-5-10-19)23-14-20-13-12-18-8-6-7-11-21(18)28(20)31-29(23)34-26(27)17-30/h3-14,22H,15-17H2,1-2H3. The molecule has 3 aromatic carbocycles. The number of aromatic nitrogens is 1. The fraction of sp³-hybridized carbons (Fsp3) is 0.233. The molecule has 34 heavy (non-hydrogen) atoms. The minimum absolute atomic E-state index is 0.0153. The summed E-state index contributed by atoms with van der Waals surface area (Å²) in [5, 5.41) is 3.15. The number of carbonyl (C=O) groups excluding carboxylic acids is 2. The lowest BCUT2D eigenvalue weighted by molar-refractivity contribution is -0.118. The average Bonchev–Trinajstić information content (AvgIpc) is 2.82. The van der Waals surface area contributed by atoms with Gasteiger partial charge in [-0.15, -0.1) is 0 Å². The molecule has 0 radical (unpaired) electrons. The Kier molecular flexibility index (Phi) is 4.66. The van der Waals surface area contributed by atoms with E-state index in [-0.39, 0.29) is 29.3 Å². The minimum Gasteiger partial charge on any atom is -0.443 e. The first-order valence-corrected chi connectivity index (χ1v) is 11.7. The van der Waals surface area contributed by atoms with Crippen LogP contribution < -0.4 is 4.74 Å². The quantitative estimate of drug-likeness (QED) is 0.257. The van der Waals surface area contributed by atoms with Gasteiger partial charge in [-0.3, -0.25) is 9.59 Å². The zero-order chi connectivity index (χ0) is 23.4. The van der Waals surface area contributed by atoms with Gasteiger partial charge in [-0.25, -0.2) is 4.98 Å². The van der Waals surface area contributed by atoms with Gasteiger partial charge in [0.05, 0.1) is 5.52 Å². The molecule has 1 aliphatic carbocycles. The molecule has 0 spiro atoms. The second-order valence-corrected chi connectivity index (χ2v) is 10.2. The topological polar surface area (TPSA) is 56.3 Å². The summed E-state index contributed by atoms with van der Waals surface area (Å²) in [6.45, 7) is 4.16. The van der Waals surface area contributed by atoms with E-state index in [4.69, 9.17) is 9.72 Å². The van der Waals surface area contributed by atoms with Gasteiger partial charge >= 0.3 is 0 Å². The molecule has 4 nitrogen and oxygen atoms in total. The molecular weight excluding hydrogens is 422 g/mol. The first kappa shape index (κ1) is 20.8. The van der Waals surface area contributed by atoms with Crippen molar-refractivity contribution >= 4 is 33.2 Å². The van der Waals surface area contributed by atoms with Crippen LogP contribution in [0.15, 0.2) is 84.1 Å². The monoisotopic (exact) mass is 447 g/mol. The number of Topliss-reactive ketones (excluding diaryl/α,β-unsaturated/α-hetero) is 2. The highest BCUT2D eigenvalue weighted by molar-refractivity contribution is 6.06. The van der Waals surface area contributed by atoms with E-state index in [1.807, 2.05) is 42.5 Å². The van der Waals surface area contributed by atoms with E-state index in [1.165, 1.54) is 0 Å². The van der Waals surface area contributed by atoms with E-state index in [2.05, 4.69) is 44.2 Å². The summed E-state index contributed by atoms with van der Waals surface area (Å²) in [6, 6.07) is 23.6. The van der Waals surface area contributed by atoms with E-state index >= 15 is 0 Å². The van der Waals surface area contributed by atoms with Crippen molar-refractivity contribution < 1.29 is 14.3 Å². The SMILES string of the molecule is CC1(C)CC(=O)C2=C(C1)Oc1nc3c(ccc4ccccc43)cc1C2CC(=O)c1ccccc1. The molecule has 0 saturated carbocycles. The van der Waals surface area contributed by atoms with Crippen LogP contribution in [0, 0.1) is 5.41 Å². The van der Waals surface area contributed by atoms with Crippen molar-refractivity contribution in [3.8, 4) is 5.88 Å². The summed E-state index contributed by atoms with van der Waals surface area (Å²) >= 11 is 0. The fourth-order valence-electron chi connectivity index (χ4n) is 5.41. The van der Waals surface area contributed by atoms with Gasteiger partial charge in [0.2, 0.25) is 5.88 Å². The van der Waals surface area contributed by atoms with E-state index in [0.29, 0.717) is 35.6 Å². The molecule has 6 rings (SSSR count). The van der Waals surface area contributed by atoms with Gasteiger partial charge in [0.15, 0.2) is 11.6 Å².